The quantitative estimate of drug-likeness (QED) is 0.860. The van der Waals surface area contributed by atoms with E-state index in [0.29, 0.717) is 11.3 Å². The summed E-state index contributed by atoms with van der Waals surface area (Å²) in [7, 11) is -3.69. The van der Waals surface area contributed by atoms with Gasteiger partial charge in [-0.05, 0) is 44.0 Å². The van der Waals surface area contributed by atoms with Crippen LogP contribution in [0.25, 0.3) is 0 Å². The molecule has 0 aliphatic heterocycles. The molecule has 1 fully saturated rings. The van der Waals surface area contributed by atoms with Crippen molar-refractivity contribution in [2.75, 3.05) is 4.72 Å². The number of benzene rings is 2. The molecule has 5 heteroatoms. The lowest BCUT2D eigenvalue weighted by atomic mass is 10.1. The molecule has 0 unspecified atom stereocenters. The Balaban J connectivity index is 1.92. The first-order chi connectivity index (χ1) is 10.5. The molecule has 2 aromatic rings. The highest BCUT2D eigenvalue weighted by molar-refractivity contribution is 7.92. The molecule has 0 bridgehead atoms. The van der Waals surface area contributed by atoms with Crippen molar-refractivity contribution in [3.8, 4) is 0 Å². The van der Waals surface area contributed by atoms with Gasteiger partial charge in [0.1, 0.15) is 0 Å². The molecule has 1 saturated carbocycles. The van der Waals surface area contributed by atoms with Gasteiger partial charge in [0.25, 0.3) is 10.0 Å². The highest BCUT2D eigenvalue weighted by Crippen LogP contribution is 2.35. The van der Waals surface area contributed by atoms with Crippen LogP contribution in [0.5, 0.6) is 0 Å². The Hall–Kier alpha value is -2.14. The maximum atomic E-state index is 12.5. The average molecular weight is 315 g/mol. The van der Waals surface area contributed by atoms with Gasteiger partial charge in [-0.1, -0.05) is 29.8 Å². The third kappa shape index (κ3) is 3.04. The van der Waals surface area contributed by atoms with Crippen LogP contribution in [0.4, 0.5) is 5.69 Å². The summed E-state index contributed by atoms with van der Waals surface area (Å²) < 4.78 is 27.4. The van der Waals surface area contributed by atoms with E-state index in [1.807, 2.05) is 6.92 Å². The molecule has 0 aromatic heterocycles. The van der Waals surface area contributed by atoms with E-state index in [9.17, 15) is 13.2 Å². The van der Waals surface area contributed by atoms with Gasteiger partial charge in [0.15, 0.2) is 5.78 Å². The zero-order chi connectivity index (χ0) is 15.7. The fraction of sp³-hybridized carbons (Fsp3) is 0.235. The van der Waals surface area contributed by atoms with E-state index in [1.54, 1.807) is 48.5 Å². The van der Waals surface area contributed by atoms with Gasteiger partial charge in [-0.25, -0.2) is 8.42 Å². The number of sulfonamides is 1. The Morgan fingerprint density at radius 3 is 2.32 bits per heavy atom. The summed E-state index contributed by atoms with van der Waals surface area (Å²) in [5.41, 5.74) is 1.78. The predicted octanol–water partition coefficient (Wildman–Crippen LogP) is 3.39. The minimum atomic E-state index is -3.69. The number of aryl methyl sites for hydroxylation is 1. The van der Waals surface area contributed by atoms with Crippen molar-refractivity contribution in [1.29, 1.82) is 0 Å². The van der Waals surface area contributed by atoms with Crippen molar-refractivity contribution < 1.29 is 13.2 Å². The van der Waals surface area contributed by atoms with Crippen molar-refractivity contribution in [2.24, 2.45) is 5.92 Å². The normalized spacial score (nSPS) is 14.6. The van der Waals surface area contributed by atoms with Crippen molar-refractivity contribution in [3.63, 3.8) is 0 Å². The van der Waals surface area contributed by atoms with E-state index in [2.05, 4.69) is 4.72 Å². The van der Waals surface area contributed by atoms with Crippen LogP contribution in [-0.4, -0.2) is 14.2 Å². The minimum Gasteiger partial charge on any atom is -0.294 e. The number of ketones is 1. The number of carbonyl (C=O) groups excluding carboxylic acids is 1. The molecule has 0 atom stereocenters. The van der Waals surface area contributed by atoms with E-state index >= 15 is 0 Å². The molecule has 0 saturated heterocycles. The fourth-order valence-corrected chi connectivity index (χ4v) is 3.35. The molecule has 3 rings (SSSR count). The van der Waals surface area contributed by atoms with E-state index in [4.69, 9.17) is 0 Å². The molecule has 114 valence electrons. The van der Waals surface area contributed by atoms with E-state index in [0.717, 1.165) is 18.4 Å². The second kappa shape index (κ2) is 5.57. The van der Waals surface area contributed by atoms with Crippen LogP contribution in [0.3, 0.4) is 0 Å². The van der Waals surface area contributed by atoms with Gasteiger partial charge in [-0.15, -0.1) is 0 Å². The van der Waals surface area contributed by atoms with Gasteiger partial charge < -0.3 is 0 Å². The smallest absolute Gasteiger partial charge is 0.261 e. The highest BCUT2D eigenvalue weighted by Gasteiger charge is 2.32. The van der Waals surface area contributed by atoms with Crippen molar-refractivity contribution in [3.05, 3.63) is 59.7 Å². The van der Waals surface area contributed by atoms with Crippen molar-refractivity contribution in [2.45, 2.75) is 24.7 Å². The standard InChI is InChI=1S/C17H17NO3S/c1-12-6-10-14(11-7-12)22(20,21)18-16-5-3-2-4-15(16)17(19)13-8-9-13/h2-7,10-11,13,18H,8-9H2,1H3. The molecule has 4 nitrogen and oxygen atoms in total. The second-order valence-corrected chi connectivity index (χ2v) is 7.29. The lowest BCUT2D eigenvalue weighted by molar-refractivity contribution is 0.0968. The Labute approximate surface area is 130 Å². The van der Waals surface area contributed by atoms with E-state index in [1.165, 1.54) is 0 Å². The molecule has 0 amide bonds. The maximum absolute atomic E-state index is 12.5. The number of hydrogen-bond donors (Lipinski definition) is 1. The first-order valence-electron chi connectivity index (χ1n) is 7.20. The molecule has 1 aliphatic rings. The molecule has 22 heavy (non-hydrogen) atoms. The first kappa shape index (κ1) is 14.8. The summed E-state index contributed by atoms with van der Waals surface area (Å²) >= 11 is 0. The molecule has 0 radical (unpaired) electrons. The summed E-state index contributed by atoms with van der Waals surface area (Å²) in [4.78, 5) is 12.4. The lowest BCUT2D eigenvalue weighted by Crippen LogP contribution is -2.16. The molecular formula is C17H17NO3S. The number of anilines is 1. The number of rotatable bonds is 5. The Morgan fingerprint density at radius 2 is 1.68 bits per heavy atom. The molecule has 1 N–H and O–H groups in total. The summed E-state index contributed by atoms with van der Waals surface area (Å²) in [6, 6.07) is 13.4. The number of nitrogens with one attached hydrogen (secondary N) is 1. The van der Waals surface area contributed by atoms with Crippen molar-refractivity contribution in [1.82, 2.24) is 0 Å². The van der Waals surface area contributed by atoms with Crippen LogP contribution >= 0.6 is 0 Å². The Kier molecular flexibility index (Phi) is 3.74. The third-order valence-corrected chi connectivity index (χ3v) is 5.10. The van der Waals surface area contributed by atoms with Crippen LogP contribution in [0.2, 0.25) is 0 Å². The van der Waals surface area contributed by atoms with Crippen LogP contribution in [0, 0.1) is 12.8 Å². The monoisotopic (exact) mass is 315 g/mol. The largest absolute Gasteiger partial charge is 0.294 e. The first-order valence-corrected chi connectivity index (χ1v) is 8.68. The summed E-state index contributed by atoms with van der Waals surface area (Å²) in [6.45, 7) is 1.90. The summed E-state index contributed by atoms with van der Waals surface area (Å²) in [6.07, 6.45) is 1.77. The van der Waals surface area contributed by atoms with E-state index < -0.39 is 10.0 Å². The average Bonchev–Trinajstić information content (AvgIpc) is 3.32. The topological polar surface area (TPSA) is 63.2 Å². The zero-order valence-corrected chi connectivity index (χ0v) is 13.1. The minimum absolute atomic E-state index is 0.0159. The van der Waals surface area contributed by atoms with Crippen LogP contribution in [-0.2, 0) is 10.0 Å². The van der Waals surface area contributed by atoms with Gasteiger partial charge in [0.05, 0.1) is 10.6 Å². The molecule has 0 heterocycles. The molecular weight excluding hydrogens is 298 g/mol. The zero-order valence-electron chi connectivity index (χ0n) is 12.2. The highest BCUT2D eigenvalue weighted by atomic mass is 32.2. The predicted molar refractivity (Wildman–Crippen MR) is 85.5 cm³/mol. The Bertz CT molecular complexity index is 806. The SMILES string of the molecule is Cc1ccc(S(=O)(=O)Nc2ccccc2C(=O)C2CC2)cc1. The number of Topliss-reactive ketones (excluding diaryl/α,β-unsaturated/α-hetero) is 1. The lowest BCUT2D eigenvalue weighted by Gasteiger charge is -2.12. The van der Waals surface area contributed by atoms with Gasteiger partial charge >= 0.3 is 0 Å². The van der Waals surface area contributed by atoms with Gasteiger partial charge in [0.2, 0.25) is 0 Å². The van der Waals surface area contributed by atoms with Crippen LogP contribution in [0.1, 0.15) is 28.8 Å². The molecule has 1 aliphatic carbocycles. The van der Waals surface area contributed by atoms with Crippen LogP contribution < -0.4 is 4.72 Å². The molecule has 0 spiro atoms. The van der Waals surface area contributed by atoms with Crippen molar-refractivity contribution >= 4 is 21.5 Å². The van der Waals surface area contributed by atoms with Gasteiger partial charge in [0, 0.05) is 11.5 Å². The van der Waals surface area contributed by atoms with Crippen LogP contribution in [0.15, 0.2) is 53.4 Å². The maximum Gasteiger partial charge on any atom is 0.261 e. The van der Waals surface area contributed by atoms with Gasteiger partial charge in [-0.2, -0.15) is 0 Å². The summed E-state index contributed by atoms with van der Waals surface area (Å²) in [5, 5.41) is 0. The number of carbonyl (C=O) groups is 1. The fourth-order valence-electron chi connectivity index (χ4n) is 2.27. The number of para-hydroxylation sites is 1. The number of hydrogen-bond acceptors (Lipinski definition) is 3. The van der Waals surface area contributed by atoms with Gasteiger partial charge in [-0.3, -0.25) is 9.52 Å². The third-order valence-electron chi connectivity index (χ3n) is 3.72. The van der Waals surface area contributed by atoms with E-state index in [-0.39, 0.29) is 16.6 Å². The second-order valence-electron chi connectivity index (χ2n) is 5.60. The Morgan fingerprint density at radius 1 is 1.05 bits per heavy atom. The summed E-state index contributed by atoms with van der Waals surface area (Å²) in [5.74, 6) is 0.0623. The molecule has 2 aromatic carbocycles.